The zero-order chi connectivity index (χ0) is 21.1. The monoisotopic (exact) mass is 421 g/mol. The van der Waals surface area contributed by atoms with Gasteiger partial charge >= 0.3 is 5.97 Å². The molecular weight excluding hydrogens is 398 g/mol. The van der Waals surface area contributed by atoms with Crippen LogP contribution in [0.3, 0.4) is 0 Å². The highest BCUT2D eigenvalue weighted by atomic mass is 35.5. The van der Waals surface area contributed by atoms with Crippen LogP contribution in [0.25, 0.3) is 0 Å². The maximum atomic E-state index is 12.6. The first-order valence-corrected chi connectivity index (χ1v) is 9.74. The van der Waals surface area contributed by atoms with E-state index in [-0.39, 0.29) is 29.4 Å². The van der Waals surface area contributed by atoms with Gasteiger partial charge < -0.3 is 25.0 Å². The molecule has 3 rings (SSSR count). The van der Waals surface area contributed by atoms with Crippen LogP contribution < -0.4 is 10.2 Å². The molecule has 1 saturated heterocycles. The average Bonchev–Trinajstić information content (AvgIpc) is 3.09. The topological polar surface area (TPSA) is 120 Å². The van der Waals surface area contributed by atoms with Crippen molar-refractivity contribution in [3.63, 3.8) is 0 Å². The Kier molecular flexibility index (Phi) is 6.39. The van der Waals surface area contributed by atoms with E-state index < -0.39 is 5.97 Å². The van der Waals surface area contributed by atoms with Crippen LogP contribution in [-0.4, -0.2) is 64.3 Å². The largest absolute Gasteiger partial charge is 0.478 e. The molecule has 1 aliphatic rings. The van der Waals surface area contributed by atoms with Crippen LogP contribution >= 0.6 is 11.6 Å². The van der Waals surface area contributed by atoms with E-state index in [2.05, 4.69) is 20.3 Å². The van der Waals surface area contributed by atoms with Gasteiger partial charge in [-0.15, -0.1) is 0 Å². The van der Waals surface area contributed by atoms with E-state index in [1.807, 2.05) is 11.8 Å². The molecule has 0 radical (unpaired) electrons. The Balaban J connectivity index is 1.70. The second kappa shape index (κ2) is 8.79. The van der Waals surface area contributed by atoms with E-state index in [4.69, 9.17) is 16.3 Å². The third-order valence-corrected chi connectivity index (χ3v) is 5.46. The Morgan fingerprint density at radius 3 is 2.86 bits per heavy atom. The third kappa shape index (κ3) is 4.51. The highest BCUT2D eigenvalue weighted by molar-refractivity contribution is 6.30. The van der Waals surface area contributed by atoms with Gasteiger partial charge in [-0.3, -0.25) is 9.78 Å². The van der Waals surface area contributed by atoms with Crippen LogP contribution in [0.2, 0.25) is 5.15 Å². The number of hydrogen-bond donors (Lipinski definition) is 3. The molecule has 1 amide bonds. The van der Waals surface area contributed by atoms with Gasteiger partial charge in [0.2, 0.25) is 0 Å². The number of nitrogens with one attached hydrogen (secondary N) is 2. The molecule has 2 aromatic rings. The van der Waals surface area contributed by atoms with E-state index in [0.717, 1.165) is 5.69 Å². The lowest BCUT2D eigenvalue weighted by Gasteiger charge is -2.39. The number of carboxylic acid groups (broad SMARTS) is 1. The van der Waals surface area contributed by atoms with E-state index in [0.29, 0.717) is 42.5 Å². The average molecular weight is 422 g/mol. The fourth-order valence-corrected chi connectivity index (χ4v) is 3.70. The molecule has 0 aromatic carbocycles. The predicted molar refractivity (Wildman–Crippen MR) is 108 cm³/mol. The number of aromatic amines is 1. The molecule has 1 fully saturated rings. The molecule has 2 atom stereocenters. The zero-order valence-corrected chi connectivity index (χ0v) is 17.3. The van der Waals surface area contributed by atoms with E-state index in [1.54, 1.807) is 26.3 Å². The van der Waals surface area contributed by atoms with Crippen molar-refractivity contribution in [2.75, 3.05) is 25.1 Å². The Morgan fingerprint density at radius 2 is 2.24 bits per heavy atom. The van der Waals surface area contributed by atoms with Crippen LogP contribution in [0.1, 0.15) is 45.7 Å². The number of carbonyl (C=O) groups excluding carboxylic acids is 1. The molecule has 9 nitrogen and oxygen atoms in total. The number of halogens is 1. The third-order valence-electron chi connectivity index (χ3n) is 5.14. The summed E-state index contributed by atoms with van der Waals surface area (Å²) in [6, 6.07) is 1.41. The van der Waals surface area contributed by atoms with E-state index >= 15 is 0 Å². The molecule has 1 aliphatic heterocycles. The van der Waals surface area contributed by atoms with Gasteiger partial charge in [0.1, 0.15) is 0 Å². The first kappa shape index (κ1) is 21.1. The summed E-state index contributed by atoms with van der Waals surface area (Å²) in [5.41, 5.74) is 2.07. The Morgan fingerprint density at radius 1 is 1.48 bits per heavy atom. The summed E-state index contributed by atoms with van der Waals surface area (Å²) in [7, 11) is 1.59. The van der Waals surface area contributed by atoms with Crippen molar-refractivity contribution in [2.24, 2.45) is 0 Å². The van der Waals surface area contributed by atoms with Gasteiger partial charge in [-0.1, -0.05) is 18.5 Å². The molecule has 3 heterocycles. The second-order valence-electron chi connectivity index (χ2n) is 6.93. The number of carboxylic acids is 1. The number of aromatic nitrogens is 3. The van der Waals surface area contributed by atoms with E-state index in [9.17, 15) is 14.7 Å². The number of aromatic carboxylic acids is 1. The number of H-pyrrole nitrogens is 1. The molecule has 0 saturated carbocycles. The number of carbonyl (C=O) groups is 2. The summed E-state index contributed by atoms with van der Waals surface area (Å²) in [6.07, 6.45) is 2.65. The van der Waals surface area contributed by atoms with Crippen molar-refractivity contribution >= 4 is 29.2 Å². The number of rotatable bonds is 6. The fourth-order valence-electron chi connectivity index (χ4n) is 3.43. The highest BCUT2D eigenvalue weighted by Gasteiger charge is 2.32. The molecule has 156 valence electrons. The normalized spacial score (nSPS) is 19.2. The second-order valence-corrected chi connectivity index (χ2v) is 7.29. The maximum Gasteiger partial charge on any atom is 0.337 e. The number of ether oxygens (including phenoxy) is 1. The quantitative estimate of drug-likeness (QED) is 0.652. The lowest BCUT2D eigenvalue weighted by atomic mass is 10.0. The van der Waals surface area contributed by atoms with Crippen LogP contribution in [-0.2, 0) is 11.2 Å². The number of aryl methyl sites for hydroxylation is 2. The Bertz CT molecular complexity index is 916. The smallest absolute Gasteiger partial charge is 0.337 e. The van der Waals surface area contributed by atoms with Gasteiger partial charge in [-0.2, -0.15) is 0 Å². The maximum absolute atomic E-state index is 12.6. The summed E-state index contributed by atoms with van der Waals surface area (Å²) in [5, 5.41) is 12.6. The summed E-state index contributed by atoms with van der Waals surface area (Å²) in [5.74, 6) is -1.17. The zero-order valence-electron chi connectivity index (χ0n) is 16.5. The van der Waals surface area contributed by atoms with Crippen LogP contribution in [0.4, 0.5) is 5.69 Å². The summed E-state index contributed by atoms with van der Waals surface area (Å²) < 4.78 is 5.59. The lowest BCUT2D eigenvalue weighted by Crippen LogP contribution is -2.55. The highest BCUT2D eigenvalue weighted by Crippen LogP contribution is 2.23. The lowest BCUT2D eigenvalue weighted by molar-refractivity contribution is 0.0538. The van der Waals surface area contributed by atoms with Crippen molar-refractivity contribution in [2.45, 2.75) is 38.8 Å². The first-order valence-electron chi connectivity index (χ1n) is 9.37. The van der Waals surface area contributed by atoms with Crippen LogP contribution in [0, 0.1) is 6.92 Å². The molecule has 0 spiro atoms. The van der Waals surface area contributed by atoms with Crippen molar-refractivity contribution < 1.29 is 19.4 Å². The molecule has 0 unspecified atom stereocenters. The van der Waals surface area contributed by atoms with Crippen LogP contribution in [0.15, 0.2) is 12.3 Å². The molecular formula is C19H24ClN5O4. The van der Waals surface area contributed by atoms with Gasteiger partial charge in [0.25, 0.3) is 5.91 Å². The summed E-state index contributed by atoms with van der Waals surface area (Å²) >= 11 is 6.02. The van der Waals surface area contributed by atoms with Gasteiger partial charge in [0, 0.05) is 20.2 Å². The van der Waals surface area contributed by atoms with Gasteiger partial charge in [0.05, 0.1) is 41.0 Å². The number of hydrogen-bond acceptors (Lipinski definition) is 6. The number of nitrogens with zero attached hydrogens (tertiary/aromatic N) is 3. The molecule has 0 aliphatic carbocycles. The SMILES string of the molecule is CCc1[nH]c(C(=O)N[C@@H]2CCN(c3cnc(C)c(C(=O)O)c3)C[C@@H]2OC)nc1Cl. The first-order chi connectivity index (χ1) is 13.8. The van der Waals surface area contributed by atoms with Crippen molar-refractivity contribution in [3.8, 4) is 0 Å². The molecule has 2 aromatic heterocycles. The molecule has 29 heavy (non-hydrogen) atoms. The number of piperidine rings is 1. The minimum atomic E-state index is -1.01. The number of anilines is 1. The van der Waals surface area contributed by atoms with Crippen LogP contribution in [0.5, 0.6) is 0 Å². The van der Waals surface area contributed by atoms with Gasteiger partial charge in [-0.25, -0.2) is 9.78 Å². The van der Waals surface area contributed by atoms with E-state index in [1.165, 1.54) is 0 Å². The van der Waals surface area contributed by atoms with Gasteiger partial charge in [0.15, 0.2) is 11.0 Å². The minimum Gasteiger partial charge on any atom is -0.478 e. The fraction of sp³-hybridized carbons (Fsp3) is 0.474. The van der Waals surface area contributed by atoms with Crippen molar-refractivity contribution in [1.29, 1.82) is 0 Å². The van der Waals surface area contributed by atoms with Gasteiger partial charge in [-0.05, 0) is 25.8 Å². The van der Waals surface area contributed by atoms with Crippen molar-refractivity contribution in [3.05, 3.63) is 40.2 Å². The number of methoxy groups -OCH3 is 1. The number of pyridine rings is 1. The van der Waals surface area contributed by atoms with Crippen molar-refractivity contribution in [1.82, 2.24) is 20.3 Å². The minimum absolute atomic E-state index is 0.174. The Labute approximate surface area is 173 Å². The number of amides is 1. The standard InChI is InChI=1S/C19H24ClN5O4/c1-4-13-16(20)24-17(22-13)18(26)23-14-5-6-25(9-15(14)29-3)11-7-12(19(27)28)10(2)21-8-11/h7-8,14-15H,4-6,9H2,1-3H3,(H,22,24)(H,23,26)(H,27,28)/t14-,15+/m1/s1. The predicted octanol–water partition coefficient (Wildman–Crippen LogP) is 2.05. The molecule has 0 bridgehead atoms. The Hall–Kier alpha value is -2.65. The summed E-state index contributed by atoms with van der Waals surface area (Å²) in [6.45, 7) is 4.70. The molecule has 10 heteroatoms. The summed E-state index contributed by atoms with van der Waals surface area (Å²) in [4.78, 5) is 37.2. The molecule has 3 N–H and O–H groups in total. The number of imidazole rings is 1.